The van der Waals surface area contributed by atoms with E-state index < -0.39 is 11.9 Å². The van der Waals surface area contributed by atoms with E-state index in [2.05, 4.69) is 26.2 Å². The van der Waals surface area contributed by atoms with Crippen molar-refractivity contribution in [2.45, 2.75) is 13.8 Å². The Labute approximate surface area is 150 Å². The van der Waals surface area contributed by atoms with Crippen molar-refractivity contribution in [3.8, 4) is 11.5 Å². The Hall–Kier alpha value is -2.13. The predicted molar refractivity (Wildman–Crippen MR) is 93.8 cm³/mol. The second-order valence-electron chi connectivity index (χ2n) is 4.63. The van der Waals surface area contributed by atoms with E-state index in [4.69, 9.17) is 9.47 Å². The molecule has 1 N–H and O–H groups in total. The second-order valence-corrected chi connectivity index (χ2v) is 6.52. The van der Waals surface area contributed by atoms with E-state index in [9.17, 15) is 14.4 Å². The summed E-state index contributed by atoms with van der Waals surface area (Å²) in [6.45, 7) is 2.63. The fourth-order valence-corrected chi connectivity index (χ4v) is 3.10. The zero-order chi connectivity index (χ0) is 17.9. The number of rotatable bonds is 3. The Morgan fingerprint density at radius 1 is 1.29 bits per heavy atom. The van der Waals surface area contributed by atoms with Crippen LogP contribution < -0.4 is 14.8 Å². The number of hydrogen-bond donors (Lipinski definition) is 1. The van der Waals surface area contributed by atoms with Gasteiger partial charge in [-0.1, -0.05) is 15.9 Å². The van der Waals surface area contributed by atoms with E-state index >= 15 is 0 Å². The number of amidine groups is 1. The number of amides is 2. The first-order chi connectivity index (χ1) is 11.3. The number of ether oxygens (including phenoxy) is 2. The maximum absolute atomic E-state index is 11.9. The molecule has 1 heterocycles. The quantitative estimate of drug-likeness (QED) is 0.465. The number of thioether (sulfide) groups is 1. The molecule has 0 unspecified atom stereocenters. The van der Waals surface area contributed by atoms with Gasteiger partial charge in [0, 0.05) is 18.3 Å². The summed E-state index contributed by atoms with van der Waals surface area (Å²) in [7, 11) is 1.45. The van der Waals surface area contributed by atoms with Crippen LogP contribution in [0.15, 0.2) is 26.5 Å². The maximum Gasteiger partial charge on any atom is 0.308 e. The highest BCUT2D eigenvalue weighted by Gasteiger charge is 2.23. The average molecular weight is 413 g/mol. The Kier molecular flexibility index (Phi) is 5.79. The van der Waals surface area contributed by atoms with Gasteiger partial charge in [-0.15, -0.1) is 0 Å². The third-order valence-corrected chi connectivity index (χ3v) is 4.31. The Balaban J connectivity index is 2.32. The molecule has 0 spiro atoms. The summed E-state index contributed by atoms with van der Waals surface area (Å²) in [5.74, 6) is -0.609. The summed E-state index contributed by atoms with van der Waals surface area (Å²) in [5, 5.41) is 2.71. The molecular formula is C15H13BrN2O5S. The lowest BCUT2D eigenvalue weighted by molar-refractivity contribution is -0.132. The van der Waals surface area contributed by atoms with Gasteiger partial charge in [-0.25, -0.2) is 0 Å². The van der Waals surface area contributed by atoms with Gasteiger partial charge in [0.1, 0.15) is 0 Å². The summed E-state index contributed by atoms with van der Waals surface area (Å²) >= 11 is 4.43. The fourth-order valence-electron chi connectivity index (χ4n) is 1.81. The molecule has 1 aliphatic heterocycles. The molecule has 9 heteroatoms. The average Bonchev–Trinajstić information content (AvgIpc) is 2.80. The summed E-state index contributed by atoms with van der Waals surface area (Å²) in [5.41, 5.74) is 0.637. The fraction of sp³-hybridized carbons (Fsp3) is 0.200. The van der Waals surface area contributed by atoms with Crippen LogP contribution in [0.1, 0.15) is 19.4 Å². The van der Waals surface area contributed by atoms with E-state index in [1.54, 1.807) is 18.2 Å². The van der Waals surface area contributed by atoms with Gasteiger partial charge in [-0.2, -0.15) is 4.99 Å². The van der Waals surface area contributed by atoms with Gasteiger partial charge in [0.2, 0.25) is 5.91 Å². The molecule has 1 aromatic rings. The molecular weight excluding hydrogens is 400 g/mol. The van der Waals surface area contributed by atoms with E-state index in [1.807, 2.05) is 0 Å². The number of benzene rings is 1. The number of aliphatic imine (C=N–C) groups is 1. The van der Waals surface area contributed by atoms with Crippen LogP contribution in [0.2, 0.25) is 0 Å². The first-order valence-corrected chi connectivity index (χ1v) is 8.27. The van der Waals surface area contributed by atoms with Crippen LogP contribution in [0.5, 0.6) is 11.5 Å². The topological polar surface area (TPSA) is 94.1 Å². The lowest BCUT2D eigenvalue weighted by atomic mass is 10.2. The predicted octanol–water partition coefficient (Wildman–Crippen LogP) is 2.49. The highest BCUT2D eigenvalue weighted by molar-refractivity contribution is 9.10. The zero-order valence-electron chi connectivity index (χ0n) is 13.0. The van der Waals surface area contributed by atoms with Crippen LogP contribution in [0.4, 0.5) is 0 Å². The lowest BCUT2D eigenvalue weighted by Gasteiger charge is -2.10. The van der Waals surface area contributed by atoms with Gasteiger partial charge in [0.15, 0.2) is 16.7 Å². The smallest absolute Gasteiger partial charge is 0.308 e. The van der Waals surface area contributed by atoms with Gasteiger partial charge >= 0.3 is 5.97 Å². The highest BCUT2D eigenvalue weighted by atomic mass is 79.9. The molecule has 24 heavy (non-hydrogen) atoms. The molecule has 0 aromatic heterocycles. The van der Waals surface area contributed by atoms with Crippen LogP contribution in [0.3, 0.4) is 0 Å². The Morgan fingerprint density at radius 3 is 2.58 bits per heavy atom. The number of carbonyl (C=O) groups is 3. The number of nitrogens with one attached hydrogen (secondary N) is 1. The standard InChI is InChI=1S/C15H13BrN2O5S/c1-7(19)17-15-18-14(21)13(24-15)5-9-4-11(22-3)12(6-10(9)16)23-8(2)20/h4-6H,1-3H3,(H,17,18,19,21). The number of carbonyl (C=O) groups excluding carboxylic acids is 3. The molecule has 1 aromatic carbocycles. The van der Waals surface area contributed by atoms with Crippen molar-refractivity contribution in [1.82, 2.24) is 5.32 Å². The third-order valence-electron chi connectivity index (χ3n) is 2.73. The maximum atomic E-state index is 11.9. The monoisotopic (exact) mass is 412 g/mol. The molecule has 0 radical (unpaired) electrons. The van der Waals surface area contributed by atoms with E-state index in [1.165, 1.54) is 21.0 Å². The Bertz CT molecular complexity index is 788. The van der Waals surface area contributed by atoms with E-state index in [-0.39, 0.29) is 16.8 Å². The number of hydrogen-bond acceptors (Lipinski definition) is 6. The molecule has 0 saturated heterocycles. The SMILES string of the molecule is COc1cc(C=C2SC(NC(C)=O)=NC2=O)c(Br)cc1OC(C)=O. The van der Waals surface area contributed by atoms with Crippen molar-refractivity contribution >= 4 is 56.7 Å². The minimum atomic E-state index is -0.471. The summed E-state index contributed by atoms with van der Waals surface area (Å²) in [4.78, 5) is 38.2. The molecule has 2 rings (SSSR count). The first kappa shape index (κ1) is 18.2. The molecule has 126 valence electrons. The molecule has 0 saturated carbocycles. The minimum Gasteiger partial charge on any atom is -0.493 e. The van der Waals surface area contributed by atoms with Crippen LogP contribution >= 0.6 is 27.7 Å². The van der Waals surface area contributed by atoms with Gasteiger partial charge in [-0.05, 0) is 35.5 Å². The molecule has 1 aliphatic rings. The van der Waals surface area contributed by atoms with E-state index in [0.717, 1.165) is 11.8 Å². The van der Waals surface area contributed by atoms with Gasteiger partial charge in [0.25, 0.3) is 5.91 Å². The molecule has 0 bridgehead atoms. The Morgan fingerprint density at radius 2 is 2.00 bits per heavy atom. The highest BCUT2D eigenvalue weighted by Crippen LogP contribution is 2.36. The third kappa shape index (κ3) is 4.45. The van der Waals surface area contributed by atoms with Crippen LogP contribution in [0.25, 0.3) is 6.08 Å². The summed E-state index contributed by atoms with van der Waals surface area (Å²) in [6, 6.07) is 3.20. The summed E-state index contributed by atoms with van der Waals surface area (Å²) in [6.07, 6.45) is 1.61. The molecule has 2 amide bonds. The van der Waals surface area contributed by atoms with Gasteiger partial charge in [0.05, 0.1) is 12.0 Å². The van der Waals surface area contributed by atoms with Crippen molar-refractivity contribution in [2.24, 2.45) is 4.99 Å². The first-order valence-electron chi connectivity index (χ1n) is 6.66. The number of halogens is 1. The van der Waals surface area contributed by atoms with E-state index in [0.29, 0.717) is 20.7 Å². The van der Waals surface area contributed by atoms with Crippen molar-refractivity contribution in [3.05, 3.63) is 27.1 Å². The van der Waals surface area contributed by atoms with Crippen molar-refractivity contribution in [1.29, 1.82) is 0 Å². The number of methoxy groups -OCH3 is 1. The summed E-state index contributed by atoms with van der Waals surface area (Å²) < 4.78 is 10.9. The van der Waals surface area contributed by atoms with Crippen LogP contribution in [0, 0.1) is 0 Å². The second kappa shape index (κ2) is 7.63. The van der Waals surface area contributed by atoms with Gasteiger partial charge in [-0.3, -0.25) is 14.4 Å². The van der Waals surface area contributed by atoms with Crippen LogP contribution in [-0.4, -0.2) is 30.1 Å². The molecule has 7 nitrogen and oxygen atoms in total. The normalized spacial score (nSPS) is 15.2. The lowest BCUT2D eigenvalue weighted by Crippen LogP contribution is -2.23. The van der Waals surface area contributed by atoms with Crippen molar-refractivity contribution in [2.75, 3.05) is 7.11 Å². The molecule has 0 atom stereocenters. The number of esters is 1. The molecule has 0 fully saturated rings. The number of nitrogens with zero attached hydrogens (tertiary/aromatic N) is 1. The van der Waals surface area contributed by atoms with Crippen LogP contribution in [-0.2, 0) is 14.4 Å². The van der Waals surface area contributed by atoms with Crippen molar-refractivity contribution < 1.29 is 23.9 Å². The zero-order valence-corrected chi connectivity index (χ0v) is 15.4. The van der Waals surface area contributed by atoms with Gasteiger partial charge < -0.3 is 14.8 Å². The minimum absolute atomic E-state index is 0.235. The van der Waals surface area contributed by atoms with Crippen molar-refractivity contribution in [3.63, 3.8) is 0 Å². The molecule has 0 aliphatic carbocycles. The largest absolute Gasteiger partial charge is 0.493 e.